The van der Waals surface area contributed by atoms with Crippen molar-refractivity contribution in [3.05, 3.63) is 131 Å². The van der Waals surface area contributed by atoms with Crippen molar-refractivity contribution in [3.8, 4) is 22.6 Å². The minimum Gasteiger partial charge on any atom is -0.457 e. The van der Waals surface area contributed by atoms with Gasteiger partial charge in [0.05, 0.1) is 5.56 Å². The molecule has 0 amide bonds. The van der Waals surface area contributed by atoms with Gasteiger partial charge in [-0.1, -0.05) is 84.9 Å². The molecule has 1 fully saturated rings. The highest BCUT2D eigenvalue weighted by atomic mass is 19.4. The molecule has 2 aliphatic rings. The second-order valence-electron chi connectivity index (χ2n) is 11.1. The van der Waals surface area contributed by atoms with E-state index in [0.717, 1.165) is 57.5 Å². The highest BCUT2D eigenvalue weighted by Crippen LogP contribution is 2.65. The van der Waals surface area contributed by atoms with Crippen LogP contribution in [0.2, 0.25) is 0 Å². The zero-order chi connectivity index (χ0) is 27.7. The fraction of sp³-hybridized carbons (Fsp3) is 0.167. The predicted molar refractivity (Wildman–Crippen MR) is 154 cm³/mol. The van der Waals surface area contributed by atoms with Gasteiger partial charge in [-0.15, -0.1) is 0 Å². The van der Waals surface area contributed by atoms with Gasteiger partial charge in [-0.3, -0.25) is 0 Å². The van der Waals surface area contributed by atoms with Crippen molar-refractivity contribution in [1.82, 2.24) is 0 Å². The second kappa shape index (κ2) is 9.00. The third-order valence-corrected chi connectivity index (χ3v) is 8.78. The minimum atomic E-state index is -4.46. The van der Waals surface area contributed by atoms with E-state index >= 15 is 0 Å². The van der Waals surface area contributed by atoms with E-state index in [0.29, 0.717) is 17.3 Å². The van der Waals surface area contributed by atoms with Crippen molar-refractivity contribution in [2.45, 2.75) is 30.9 Å². The Balaban J connectivity index is 1.29. The number of hydrogen-bond acceptors (Lipinski definition) is 2. The summed E-state index contributed by atoms with van der Waals surface area (Å²) in [6.07, 6.45) is -2.78. The van der Waals surface area contributed by atoms with Crippen LogP contribution in [0.1, 0.15) is 40.5 Å². The smallest absolute Gasteiger partial charge is 0.416 e. The van der Waals surface area contributed by atoms with Crippen molar-refractivity contribution >= 4 is 21.9 Å². The van der Waals surface area contributed by atoms with Crippen LogP contribution < -0.4 is 4.74 Å². The summed E-state index contributed by atoms with van der Waals surface area (Å²) in [6, 6.07) is 34.4. The largest absolute Gasteiger partial charge is 0.457 e. The van der Waals surface area contributed by atoms with Crippen molar-refractivity contribution in [2.75, 3.05) is 0 Å². The summed E-state index contributed by atoms with van der Waals surface area (Å²) in [5.41, 5.74) is 5.83. The number of rotatable bonds is 2. The maximum Gasteiger partial charge on any atom is 0.416 e. The van der Waals surface area contributed by atoms with Crippen LogP contribution in [-0.4, -0.2) is 0 Å². The molecule has 6 aromatic rings. The lowest BCUT2D eigenvalue weighted by molar-refractivity contribution is -0.137. The van der Waals surface area contributed by atoms with E-state index in [1.54, 1.807) is 6.07 Å². The molecule has 202 valence electrons. The first-order chi connectivity index (χ1) is 20.0. The van der Waals surface area contributed by atoms with Gasteiger partial charge >= 0.3 is 6.18 Å². The molecule has 0 spiro atoms. The molecule has 3 atom stereocenters. The minimum absolute atomic E-state index is 0.112. The molecule has 2 nitrogen and oxygen atoms in total. The van der Waals surface area contributed by atoms with Crippen LogP contribution in [0.3, 0.4) is 0 Å². The number of aryl methyl sites for hydroxylation is 1. The van der Waals surface area contributed by atoms with Crippen LogP contribution in [0.5, 0.6) is 11.5 Å². The van der Waals surface area contributed by atoms with Crippen LogP contribution in [0.4, 0.5) is 13.2 Å². The van der Waals surface area contributed by atoms with Gasteiger partial charge in [-0.25, -0.2) is 0 Å². The molecule has 8 rings (SSSR count). The van der Waals surface area contributed by atoms with E-state index in [1.807, 2.05) is 54.6 Å². The Hall–Kier alpha value is -4.51. The number of fused-ring (bicyclic) bond motifs is 7. The Kier molecular flexibility index (Phi) is 5.33. The molecule has 41 heavy (non-hydrogen) atoms. The molecule has 5 heteroatoms. The Bertz CT molecular complexity index is 1920. The Morgan fingerprint density at radius 3 is 2.24 bits per heavy atom. The number of furan rings is 1. The standard InChI is InChI=1S/C36H25F3O2/c37-36(38,39)24-15-17-27-31(19-24)40-30-20-32-29(26-13-7-12-25(35(26)41-32)21-8-3-1-4-9-21)18-23(30)14-16-28-33(34(27)28)22-10-5-2-6-11-22/h1-13,15,17-20,28,33-34H,14,16H2. The summed E-state index contributed by atoms with van der Waals surface area (Å²) >= 11 is 0. The highest BCUT2D eigenvalue weighted by molar-refractivity contribution is 6.10. The monoisotopic (exact) mass is 546 g/mol. The van der Waals surface area contributed by atoms with Crippen molar-refractivity contribution in [1.29, 1.82) is 0 Å². The zero-order valence-electron chi connectivity index (χ0n) is 22.0. The normalized spacial score (nSPS) is 19.8. The van der Waals surface area contributed by atoms with Gasteiger partial charge in [0.15, 0.2) is 0 Å². The van der Waals surface area contributed by atoms with Crippen LogP contribution in [0.15, 0.2) is 114 Å². The average molecular weight is 547 g/mol. The lowest BCUT2D eigenvalue weighted by Crippen LogP contribution is -2.06. The van der Waals surface area contributed by atoms with Gasteiger partial charge in [0, 0.05) is 22.4 Å². The molecule has 0 bridgehead atoms. The third-order valence-electron chi connectivity index (χ3n) is 8.78. The summed E-state index contributed by atoms with van der Waals surface area (Å²) in [6.45, 7) is 0. The first kappa shape index (κ1) is 24.3. The summed E-state index contributed by atoms with van der Waals surface area (Å²) in [4.78, 5) is 0. The van der Waals surface area contributed by atoms with Crippen LogP contribution in [0, 0.1) is 5.92 Å². The molecule has 2 heterocycles. The number of benzene rings is 5. The molecular weight excluding hydrogens is 521 g/mol. The maximum absolute atomic E-state index is 13.8. The summed E-state index contributed by atoms with van der Waals surface area (Å²) < 4.78 is 54.3. The van der Waals surface area contributed by atoms with Gasteiger partial charge in [0.2, 0.25) is 0 Å². The van der Waals surface area contributed by atoms with Crippen molar-refractivity contribution < 1.29 is 22.3 Å². The molecule has 1 aliphatic carbocycles. The van der Waals surface area contributed by atoms with E-state index in [9.17, 15) is 13.2 Å². The molecular formula is C36H25F3O2. The molecule has 1 saturated carbocycles. The Morgan fingerprint density at radius 2 is 1.46 bits per heavy atom. The first-order valence-electron chi connectivity index (χ1n) is 13.9. The van der Waals surface area contributed by atoms with Gasteiger partial charge < -0.3 is 9.15 Å². The molecule has 0 N–H and O–H groups in total. The fourth-order valence-electron chi connectivity index (χ4n) is 6.81. The van der Waals surface area contributed by atoms with Gasteiger partial charge in [-0.2, -0.15) is 13.2 Å². The van der Waals surface area contributed by atoms with E-state index in [4.69, 9.17) is 9.15 Å². The molecule has 0 radical (unpaired) electrons. The van der Waals surface area contributed by atoms with Crippen LogP contribution in [-0.2, 0) is 12.6 Å². The van der Waals surface area contributed by atoms with Crippen LogP contribution in [0.25, 0.3) is 33.1 Å². The number of halogens is 3. The Morgan fingerprint density at radius 1 is 0.683 bits per heavy atom. The maximum atomic E-state index is 13.8. The quantitative estimate of drug-likeness (QED) is 0.216. The fourth-order valence-corrected chi connectivity index (χ4v) is 6.81. The van der Waals surface area contributed by atoms with E-state index in [2.05, 4.69) is 36.4 Å². The summed E-state index contributed by atoms with van der Waals surface area (Å²) in [7, 11) is 0. The molecule has 3 unspecified atom stereocenters. The van der Waals surface area contributed by atoms with Crippen molar-refractivity contribution in [2.24, 2.45) is 5.92 Å². The lowest BCUT2D eigenvalue weighted by Gasteiger charge is -2.16. The summed E-state index contributed by atoms with van der Waals surface area (Å²) in [5.74, 6) is 1.52. The third kappa shape index (κ3) is 4.02. The van der Waals surface area contributed by atoms with Gasteiger partial charge in [0.25, 0.3) is 0 Å². The van der Waals surface area contributed by atoms with Crippen molar-refractivity contribution in [3.63, 3.8) is 0 Å². The molecule has 0 saturated heterocycles. The Labute approximate surface area is 235 Å². The van der Waals surface area contributed by atoms with Crippen LogP contribution >= 0.6 is 0 Å². The molecule has 1 aromatic heterocycles. The lowest BCUT2D eigenvalue weighted by atomic mass is 9.99. The molecule has 5 aromatic carbocycles. The number of para-hydroxylation sites is 1. The highest BCUT2D eigenvalue weighted by Gasteiger charge is 2.52. The second-order valence-corrected chi connectivity index (χ2v) is 11.1. The number of hydrogen-bond donors (Lipinski definition) is 0. The average Bonchev–Trinajstić information content (AvgIpc) is 3.57. The zero-order valence-corrected chi connectivity index (χ0v) is 22.0. The van der Waals surface area contributed by atoms with E-state index in [-0.39, 0.29) is 17.6 Å². The summed E-state index contributed by atoms with van der Waals surface area (Å²) in [5, 5.41) is 1.99. The van der Waals surface area contributed by atoms with E-state index < -0.39 is 11.7 Å². The predicted octanol–water partition coefficient (Wildman–Crippen LogP) is 10.5. The number of alkyl halides is 3. The van der Waals surface area contributed by atoms with Gasteiger partial charge in [-0.05, 0) is 71.0 Å². The number of ether oxygens (including phenoxy) is 1. The SMILES string of the molecule is FC(F)(F)c1ccc2c(c1)Oc1cc3oc4c(-c5ccccc5)cccc4c3cc1CCC1C(c3ccccc3)C21. The topological polar surface area (TPSA) is 22.4 Å². The van der Waals surface area contributed by atoms with E-state index in [1.165, 1.54) is 11.6 Å². The molecule has 1 aliphatic heterocycles. The van der Waals surface area contributed by atoms with Gasteiger partial charge in [0.1, 0.15) is 22.7 Å². The first-order valence-corrected chi connectivity index (χ1v) is 13.9.